The molecule has 136 valence electrons. The van der Waals surface area contributed by atoms with Gasteiger partial charge in [-0.3, -0.25) is 0 Å². The number of ether oxygens (including phenoxy) is 1. The molecule has 0 saturated carbocycles. The number of benzene rings is 2. The van der Waals surface area contributed by atoms with Crippen molar-refractivity contribution in [3.63, 3.8) is 0 Å². The van der Waals surface area contributed by atoms with Crippen LogP contribution in [-0.2, 0) is 6.42 Å². The summed E-state index contributed by atoms with van der Waals surface area (Å²) in [5, 5.41) is 10.6. The van der Waals surface area contributed by atoms with Gasteiger partial charge < -0.3 is 9.84 Å². The summed E-state index contributed by atoms with van der Waals surface area (Å²) in [6.07, 6.45) is 3.66. The van der Waals surface area contributed by atoms with Crippen molar-refractivity contribution in [1.82, 2.24) is 4.98 Å². The first-order valence-electron chi connectivity index (χ1n) is 9.07. The number of aromatic nitrogens is 1. The van der Waals surface area contributed by atoms with E-state index >= 15 is 0 Å². The van der Waals surface area contributed by atoms with Gasteiger partial charge >= 0.3 is 5.97 Å². The summed E-state index contributed by atoms with van der Waals surface area (Å²) in [5.74, 6) is 0.249. The highest BCUT2D eigenvalue weighted by Crippen LogP contribution is 2.39. The highest BCUT2D eigenvalue weighted by molar-refractivity contribution is 6.06. The molecule has 1 aliphatic carbocycles. The number of hydrogen-bond acceptors (Lipinski definition) is 3. The molecule has 1 unspecified atom stereocenters. The fourth-order valence-electron chi connectivity index (χ4n) is 3.95. The smallest absolute Gasteiger partial charge is 0.336 e. The van der Waals surface area contributed by atoms with Crippen LogP contribution in [0.3, 0.4) is 0 Å². The Labute approximate surface area is 158 Å². The molecule has 0 spiro atoms. The van der Waals surface area contributed by atoms with Gasteiger partial charge in [0, 0.05) is 10.9 Å². The van der Waals surface area contributed by atoms with Crippen LogP contribution in [0.15, 0.2) is 48.5 Å². The van der Waals surface area contributed by atoms with Crippen LogP contribution in [0.25, 0.3) is 22.6 Å². The van der Waals surface area contributed by atoms with Crippen molar-refractivity contribution in [1.29, 1.82) is 0 Å². The van der Waals surface area contributed by atoms with E-state index in [1.54, 1.807) is 7.11 Å². The zero-order chi connectivity index (χ0) is 19.0. The van der Waals surface area contributed by atoms with E-state index in [2.05, 4.69) is 13.0 Å². The quantitative estimate of drug-likeness (QED) is 0.710. The Morgan fingerprint density at radius 3 is 2.67 bits per heavy atom. The lowest BCUT2D eigenvalue weighted by Crippen LogP contribution is -2.17. The predicted octanol–water partition coefficient (Wildman–Crippen LogP) is 5.06. The van der Waals surface area contributed by atoms with Crippen LogP contribution in [0, 0.1) is 5.92 Å². The number of methoxy groups -OCH3 is 1. The molecule has 0 aliphatic heterocycles. The van der Waals surface area contributed by atoms with Gasteiger partial charge in [-0.25, -0.2) is 9.78 Å². The second-order valence-electron chi connectivity index (χ2n) is 7.06. The number of para-hydroxylation sites is 2. The SMILES string of the molecule is COc1ccccc1/C=C1/CC(C)Cc2c1nc1ccccc1c2C(=O)O. The number of hydrogen-bond donors (Lipinski definition) is 1. The Kier molecular flexibility index (Phi) is 4.40. The number of fused-ring (bicyclic) bond motifs is 2. The molecule has 1 aliphatic rings. The number of aromatic carboxylic acids is 1. The molecule has 4 rings (SSSR count). The zero-order valence-corrected chi connectivity index (χ0v) is 15.4. The number of carboxylic acids is 1. The fraction of sp³-hybridized carbons (Fsp3) is 0.217. The van der Waals surface area contributed by atoms with Crippen LogP contribution in [0.4, 0.5) is 0 Å². The maximum atomic E-state index is 12.1. The molecule has 1 heterocycles. The van der Waals surface area contributed by atoms with Crippen molar-refractivity contribution >= 4 is 28.5 Å². The number of nitrogens with zero attached hydrogens (tertiary/aromatic N) is 1. The Balaban J connectivity index is 1.99. The molecule has 0 bridgehead atoms. The van der Waals surface area contributed by atoms with E-state index in [9.17, 15) is 9.90 Å². The molecule has 4 nitrogen and oxygen atoms in total. The Morgan fingerprint density at radius 2 is 1.89 bits per heavy atom. The van der Waals surface area contributed by atoms with Crippen LogP contribution in [-0.4, -0.2) is 23.2 Å². The highest BCUT2D eigenvalue weighted by Gasteiger charge is 2.28. The molecule has 0 saturated heterocycles. The summed E-state index contributed by atoms with van der Waals surface area (Å²) in [5.41, 5.74) is 4.77. The highest BCUT2D eigenvalue weighted by atomic mass is 16.5. The van der Waals surface area contributed by atoms with Crippen LogP contribution < -0.4 is 4.74 Å². The molecule has 1 N–H and O–H groups in total. The molecule has 2 aromatic carbocycles. The number of allylic oxidation sites excluding steroid dienone is 1. The van der Waals surface area contributed by atoms with Gasteiger partial charge in [0.15, 0.2) is 0 Å². The minimum atomic E-state index is -0.893. The second kappa shape index (κ2) is 6.88. The standard InChI is InChI=1S/C23H21NO3/c1-14-11-16(13-15-7-3-6-10-20(15)27-2)22-18(12-14)21(23(25)26)17-8-4-5-9-19(17)24-22/h3-10,13-14H,11-12H2,1-2H3,(H,25,26)/b16-13-. The van der Waals surface area contributed by atoms with E-state index in [0.29, 0.717) is 22.4 Å². The molecular formula is C23H21NO3. The van der Waals surface area contributed by atoms with E-state index in [4.69, 9.17) is 9.72 Å². The van der Waals surface area contributed by atoms with Crippen molar-refractivity contribution in [2.24, 2.45) is 5.92 Å². The second-order valence-corrected chi connectivity index (χ2v) is 7.06. The number of carbonyl (C=O) groups is 1. The first-order chi connectivity index (χ1) is 13.1. The van der Waals surface area contributed by atoms with E-state index in [-0.39, 0.29) is 0 Å². The number of carboxylic acid groups (broad SMARTS) is 1. The van der Waals surface area contributed by atoms with Gasteiger partial charge in [0.05, 0.1) is 23.9 Å². The minimum absolute atomic E-state index is 0.347. The van der Waals surface area contributed by atoms with E-state index < -0.39 is 5.97 Å². The average molecular weight is 359 g/mol. The summed E-state index contributed by atoms with van der Waals surface area (Å²) in [6, 6.07) is 15.3. The molecule has 4 heteroatoms. The van der Waals surface area contributed by atoms with Crippen molar-refractivity contribution in [2.45, 2.75) is 19.8 Å². The molecule has 3 aromatic rings. The first kappa shape index (κ1) is 17.3. The fourth-order valence-corrected chi connectivity index (χ4v) is 3.95. The number of rotatable bonds is 3. The first-order valence-corrected chi connectivity index (χ1v) is 9.07. The van der Waals surface area contributed by atoms with Gasteiger partial charge in [0.2, 0.25) is 0 Å². The van der Waals surface area contributed by atoms with Gasteiger partial charge in [0.1, 0.15) is 5.75 Å². The monoisotopic (exact) mass is 359 g/mol. The van der Waals surface area contributed by atoms with Crippen molar-refractivity contribution < 1.29 is 14.6 Å². The molecule has 0 fully saturated rings. The van der Waals surface area contributed by atoms with Gasteiger partial charge in [-0.2, -0.15) is 0 Å². The van der Waals surface area contributed by atoms with Gasteiger partial charge in [0.25, 0.3) is 0 Å². The Hall–Kier alpha value is -3.14. The van der Waals surface area contributed by atoms with Gasteiger partial charge in [-0.05, 0) is 48.1 Å². The lowest BCUT2D eigenvalue weighted by molar-refractivity contribution is 0.0697. The molecule has 0 amide bonds. The topological polar surface area (TPSA) is 59.4 Å². The lowest BCUT2D eigenvalue weighted by atomic mass is 9.80. The van der Waals surface area contributed by atoms with E-state index in [1.807, 2.05) is 48.5 Å². The zero-order valence-electron chi connectivity index (χ0n) is 15.4. The van der Waals surface area contributed by atoms with Crippen molar-refractivity contribution in [3.8, 4) is 5.75 Å². The third-order valence-corrected chi connectivity index (χ3v) is 5.10. The summed E-state index contributed by atoms with van der Waals surface area (Å²) >= 11 is 0. The third-order valence-electron chi connectivity index (χ3n) is 5.10. The maximum absolute atomic E-state index is 12.1. The van der Waals surface area contributed by atoms with Gasteiger partial charge in [-0.15, -0.1) is 0 Å². The van der Waals surface area contributed by atoms with Crippen LogP contribution in [0.5, 0.6) is 5.75 Å². The molecule has 27 heavy (non-hydrogen) atoms. The van der Waals surface area contributed by atoms with Crippen molar-refractivity contribution in [3.05, 3.63) is 70.9 Å². The Morgan fingerprint density at radius 1 is 1.15 bits per heavy atom. The molecular weight excluding hydrogens is 338 g/mol. The van der Waals surface area contributed by atoms with Gasteiger partial charge in [-0.1, -0.05) is 43.3 Å². The lowest BCUT2D eigenvalue weighted by Gasteiger charge is -2.26. The average Bonchev–Trinajstić information content (AvgIpc) is 2.66. The normalized spacial score (nSPS) is 17.7. The summed E-state index contributed by atoms with van der Waals surface area (Å²) < 4.78 is 5.47. The molecule has 0 radical (unpaired) electrons. The largest absolute Gasteiger partial charge is 0.496 e. The van der Waals surface area contributed by atoms with E-state index in [1.165, 1.54) is 0 Å². The Bertz CT molecular complexity index is 1070. The molecule has 1 atom stereocenters. The summed E-state index contributed by atoms with van der Waals surface area (Å²) in [6.45, 7) is 2.15. The third kappa shape index (κ3) is 3.08. The van der Waals surface area contributed by atoms with E-state index in [0.717, 1.165) is 41.0 Å². The van der Waals surface area contributed by atoms with Crippen molar-refractivity contribution in [2.75, 3.05) is 7.11 Å². The maximum Gasteiger partial charge on any atom is 0.336 e. The molecule has 1 aromatic heterocycles. The summed E-state index contributed by atoms with van der Waals surface area (Å²) in [4.78, 5) is 16.9. The summed E-state index contributed by atoms with van der Waals surface area (Å²) in [7, 11) is 1.66. The number of pyridine rings is 1. The minimum Gasteiger partial charge on any atom is -0.496 e. The van der Waals surface area contributed by atoms with Crippen LogP contribution in [0.2, 0.25) is 0 Å². The van der Waals surface area contributed by atoms with Crippen LogP contribution >= 0.6 is 0 Å². The van der Waals surface area contributed by atoms with Crippen LogP contribution in [0.1, 0.15) is 40.5 Å². The predicted molar refractivity (Wildman–Crippen MR) is 107 cm³/mol.